The van der Waals surface area contributed by atoms with E-state index in [1.165, 1.54) is 7.11 Å². The van der Waals surface area contributed by atoms with E-state index in [2.05, 4.69) is 14.7 Å². The fourth-order valence-corrected chi connectivity index (χ4v) is 2.10. The van der Waals surface area contributed by atoms with Crippen LogP contribution in [0.15, 0.2) is 53.1 Å². The SMILES string of the molecule is COC(=O)Cc1nc(-c2ccc(Oc3ccccc3)nc2)oc1C. The molecule has 24 heavy (non-hydrogen) atoms. The number of esters is 1. The van der Waals surface area contributed by atoms with Crippen LogP contribution in [0.3, 0.4) is 0 Å². The van der Waals surface area contributed by atoms with E-state index >= 15 is 0 Å². The number of oxazole rings is 1. The topological polar surface area (TPSA) is 74.5 Å². The molecule has 0 saturated carbocycles. The number of aryl methyl sites for hydroxylation is 1. The highest BCUT2D eigenvalue weighted by molar-refractivity contribution is 5.72. The summed E-state index contributed by atoms with van der Waals surface area (Å²) in [5.41, 5.74) is 1.26. The number of hydrogen-bond acceptors (Lipinski definition) is 6. The van der Waals surface area contributed by atoms with Gasteiger partial charge in [-0.25, -0.2) is 9.97 Å². The second kappa shape index (κ2) is 6.95. The fraction of sp³-hybridized carbons (Fsp3) is 0.167. The first kappa shape index (κ1) is 15.7. The molecule has 0 N–H and O–H groups in total. The number of benzene rings is 1. The van der Waals surface area contributed by atoms with Crippen LogP contribution in [0.4, 0.5) is 0 Å². The highest BCUT2D eigenvalue weighted by atomic mass is 16.5. The molecule has 2 aromatic heterocycles. The Kier molecular flexibility index (Phi) is 4.56. The Morgan fingerprint density at radius 1 is 1.17 bits per heavy atom. The lowest BCUT2D eigenvalue weighted by Gasteiger charge is -2.04. The van der Waals surface area contributed by atoms with E-state index < -0.39 is 0 Å². The van der Waals surface area contributed by atoms with Gasteiger partial charge in [0.2, 0.25) is 11.8 Å². The summed E-state index contributed by atoms with van der Waals surface area (Å²) in [6.45, 7) is 1.76. The second-order valence-corrected chi connectivity index (χ2v) is 5.08. The molecule has 0 aliphatic carbocycles. The normalized spacial score (nSPS) is 10.4. The summed E-state index contributed by atoms with van der Waals surface area (Å²) in [5.74, 6) is 1.82. The molecular formula is C18H16N2O4. The van der Waals surface area contributed by atoms with Gasteiger partial charge in [-0.1, -0.05) is 18.2 Å². The maximum atomic E-state index is 11.4. The molecule has 0 radical (unpaired) electrons. The lowest BCUT2D eigenvalue weighted by Crippen LogP contribution is -2.05. The van der Waals surface area contributed by atoms with E-state index in [4.69, 9.17) is 9.15 Å². The monoisotopic (exact) mass is 324 g/mol. The van der Waals surface area contributed by atoms with Crippen LogP contribution in [0.5, 0.6) is 11.6 Å². The zero-order chi connectivity index (χ0) is 16.9. The number of nitrogens with zero attached hydrogens (tertiary/aromatic N) is 2. The summed E-state index contributed by atoms with van der Waals surface area (Å²) >= 11 is 0. The van der Waals surface area contributed by atoms with Crippen LogP contribution >= 0.6 is 0 Å². The number of methoxy groups -OCH3 is 1. The Morgan fingerprint density at radius 3 is 2.62 bits per heavy atom. The molecule has 6 nitrogen and oxygen atoms in total. The van der Waals surface area contributed by atoms with Crippen molar-refractivity contribution in [1.82, 2.24) is 9.97 Å². The van der Waals surface area contributed by atoms with Crippen LogP contribution in [-0.2, 0) is 16.0 Å². The zero-order valence-electron chi connectivity index (χ0n) is 13.4. The molecule has 0 aliphatic heterocycles. The molecule has 2 heterocycles. The van der Waals surface area contributed by atoms with Crippen molar-refractivity contribution in [1.29, 1.82) is 0 Å². The number of aromatic nitrogens is 2. The first-order valence-corrected chi connectivity index (χ1v) is 7.38. The first-order valence-electron chi connectivity index (χ1n) is 7.38. The van der Waals surface area contributed by atoms with Gasteiger partial charge in [-0.3, -0.25) is 4.79 Å². The summed E-state index contributed by atoms with van der Waals surface area (Å²) in [5, 5.41) is 0. The van der Waals surface area contributed by atoms with Crippen LogP contribution in [0, 0.1) is 6.92 Å². The van der Waals surface area contributed by atoms with Gasteiger partial charge < -0.3 is 13.9 Å². The number of pyridine rings is 1. The molecule has 0 amide bonds. The second-order valence-electron chi connectivity index (χ2n) is 5.08. The minimum atomic E-state index is -0.359. The van der Waals surface area contributed by atoms with Crippen LogP contribution in [0.2, 0.25) is 0 Å². The number of hydrogen-bond donors (Lipinski definition) is 0. The van der Waals surface area contributed by atoms with Gasteiger partial charge in [0, 0.05) is 12.3 Å². The van der Waals surface area contributed by atoms with Crippen LogP contribution in [-0.4, -0.2) is 23.0 Å². The van der Waals surface area contributed by atoms with Crippen molar-refractivity contribution < 1.29 is 18.7 Å². The highest BCUT2D eigenvalue weighted by Gasteiger charge is 2.15. The molecule has 122 valence electrons. The minimum absolute atomic E-state index is 0.0778. The summed E-state index contributed by atoms with van der Waals surface area (Å²) < 4.78 is 15.9. The highest BCUT2D eigenvalue weighted by Crippen LogP contribution is 2.24. The Labute approximate surface area is 139 Å². The molecule has 6 heteroatoms. The van der Waals surface area contributed by atoms with E-state index in [-0.39, 0.29) is 12.4 Å². The molecule has 0 aliphatic rings. The predicted octanol–water partition coefficient (Wildman–Crippen LogP) is 3.55. The summed E-state index contributed by atoms with van der Waals surface area (Å²) in [7, 11) is 1.34. The molecule has 3 aromatic rings. The Bertz CT molecular complexity index is 826. The van der Waals surface area contributed by atoms with Crippen molar-refractivity contribution >= 4 is 5.97 Å². The van der Waals surface area contributed by atoms with Crippen molar-refractivity contribution in [2.45, 2.75) is 13.3 Å². The van der Waals surface area contributed by atoms with Crippen molar-refractivity contribution in [3.63, 3.8) is 0 Å². The van der Waals surface area contributed by atoms with E-state index in [0.717, 1.165) is 0 Å². The van der Waals surface area contributed by atoms with Gasteiger partial charge in [-0.15, -0.1) is 0 Å². The van der Waals surface area contributed by atoms with Crippen LogP contribution in [0.25, 0.3) is 11.5 Å². The van der Waals surface area contributed by atoms with Crippen molar-refractivity contribution in [3.05, 3.63) is 60.1 Å². The summed E-state index contributed by atoms with van der Waals surface area (Å²) in [6, 6.07) is 12.9. The van der Waals surface area contributed by atoms with Gasteiger partial charge >= 0.3 is 5.97 Å². The van der Waals surface area contributed by atoms with Crippen molar-refractivity contribution in [3.8, 4) is 23.1 Å². The first-order chi connectivity index (χ1) is 11.7. The lowest BCUT2D eigenvalue weighted by molar-refractivity contribution is -0.139. The third-order valence-electron chi connectivity index (χ3n) is 3.38. The summed E-state index contributed by atoms with van der Waals surface area (Å²) in [4.78, 5) is 20.0. The third-order valence-corrected chi connectivity index (χ3v) is 3.38. The maximum absolute atomic E-state index is 11.4. The van der Waals surface area contributed by atoms with Gasteiger partial charge in [-0.05, 0) is 25.1 Å². The van der Waals surface area contributed by atoms with Crippen LogP contribution in [0.1, 0.15) is 11.5 Å². The average molecular weight is 324 g/mol. The average Bonchev–Trinajstić information content (AvgIpc) is 2.97. The van der Waals surface area contributed by atoms with Crippen molar-refractivity contribution in [2.24, 2.45) is 0 Å². The largest absolute Gasteiger partial charge is 0.469 e. The number of rotatable bonds is 5. The Hall–Kier alpha value is -3.15. The molecule has 0 atom stereocenters. The number of para-hydroxylation sites is 1. The smallest absolute Gasteiger partial charge is 0.311 e. The van der Waals surface area contributed by atoms with Gasteiger partial charge in [0.05, 0.1) is 24.8 Å². The van der Waals surface area contributed by atoms with Gasteiger partial charge in [0.1, 0.15) is 11.5 Å². The minimum Gasteiger partial charge on any atom is -0.469 e. The van der Waals surface area contributed by atoms with Crippen molar-refractivity contribution in [2.75, 3.05) is 7.11 Å². The number of ether oxygens (including phenoxy) is 2. The van der Waals surface area contributed by atoms with Gasteiger partial charge in [-0.2, -0.15) is 0 Å². The fourth-order valence-electron chi connectivity index (χ4n) is 2.10. The standard InChI is InChI=1S/C18H16N2O4/c1-12-15(10-17(21)22-2)20-18(23-12)13-8-9-16(19-11-13)24-14-6-4-3-5-7-14/h3-9,11H,10H2,1-2H3. The van der Waals surface area contributed by atoms with Gasteiger partial charge in [0.15, 0.2) is 0 Å². The molecule has 0 saturated heterocycles. The molecule has 1 aromatic carbocycles. The molecule has 0 fully saturated rings. The summed E-state index contributed by atoms with van der Waals surface area (Å²) in [6.07, 6.45) is 1.69. The van der Waals surface area contributed by atoms with E-state index in [0.29, 0.717) is 34.5 Å². The van der Waals surface area contributed by atoms with E-state index in [1.54, 1.807) is 25.3 Å². The molecule has 0 spiro atoms. The zero-order valence-corrected chi connectivity index (χ0v) is 13.4. The molecule has 0 bridgehead atoms. The Morgan fingerprint density at radius 2 is 1.96 bits per heavy atom. The molecule has 0 unspecified atom stereocenters. The third kappa shape index (κ3) is 3.60. The molecule has 3 rings (SSSR count). The quantitative estimate of drug-likeness (QED) is 0.668. The van der Waals surface area contributed by atoms with Gasteiger partial charge in [0.25, 0.3) is 0 Å². The lowest BCUT2D eigenvalue weighted by atomic mass is 10.2. The van der Waals surface area contributed by atoms with E-state index in [9.17, 15) is 4.79 Å². The maximum Gasteiger partial charge on any atom is 0.311 e. The predicted molar refractivity (Wildman–Crippen MR) is 86.7 cm³/mol. The van der Waals surface area contributed by atoms with Crippen LogP contribution < -0.4 is 4.74 Å². The number of carbonyl (C=O) groups excluding carboxylic acids is 1. The Balaban J connectivity index is 1.76. The molecular weight excluding hydrogens is 308 g/mol. The van der Waals surface area contributed by atoms with E-state index in [1.807, 2.05) is 30.3 Å². The number of carbonyl (C=O) groups is 1.